The molecule has 0 spiro atoms. The molecule has 0 fully saturated rings. The second-order valence-corrected chi connectivity index (χ2v) is 7.45. The molecule has 6 heteroatoms. The predicted molar refractivity (Wildman–Crippen MR) is 117 cm³/mol. The molecule has 4 rings (SSSR count). The molecule has 0 bridgehead atoms. The average Bonchev–Trinajstić information content (AvgIpc) is 3.24. The lowest BCUT2D eigenvalue weighted by molar-refractivity contribution is -0.166. The zero-order valence-electron chi connectivity index (χ0n) is 17.4. The highest BCUT2D eigenvalue weighted by Crippen LogP contribution is 2.30. The van der Waals surface area contributed by atoms with Crippen LogP contribution in [0.3, 0.4) is 0 Å². The first kappa shape index (κ1) is 20.8. The highest BCUT2D eigenvalue weighted by atomic mass is 16.7. The minimum Gasteiger partial charge on any atom is -0.466 e. The van der Waals surface area contributed by atoms with Gasteiger partial charge in [0.05, 0.1) is 37.4 Å². The van der Waals surface area contributed by atoms with Gasteiger partial charge < -0.3 is 14.3 Å². The van der Waals surface area contributed by atoms with Crippen molar-refractivity contribution >= 4 is 11.7 Å². The Morgan fingerprint density at radius 1 is 0.968 bits per heavy atom. The van der Waals surface area contributed by atoms with Crippen LogP contribution in [0.5, 0.6) is 0 Å². The van der Waals surface area contributed by atoms with Crippen LogP contribution in [0.2, 0.25) is 0 Å². The number of rotatable bonds is 8. The number of carbonyl (C=O) groups excluding carboxylic acids is 1. The van der Waals surface area contributed by atoms with E-state index in [0.29, 0.717) is 25.2 Å². The number of hydrogen-bond donors (Lipinski definition) is 0. The third-order valence-corrected chi connectivity index (χ3v) is 5.12. The lowest BCUT2D eigenvalue weighted by atomic mass is 9.90. The molecule has 0 N–H and O–H groups in total. The highest BCUT2D eigenvalue weighted by Gasteiger charge is 2.47. The maximum atomic E-state index is 12.5. The molecule has 0 saturated heterocycles. The third kappa shape index (κ3) is 4.98. The maximum Gasteiger partial charge on any atom is 0.353 e. The quantitative estimate of drug-likeness (QED) is 0.515. The average molecular weight is 416 g/mol. The summed E-state index contributed by atoms with van der Waals surface area (Å²) >= 11 is 0. The summed E-state index contributed by atoms with van der Waals surface area (Å²) in [6, 6.07) is 25.6. The van der Waals surface area contributed by atoms with Crippen molar-refractivity contribution in [2.45, 2.75) is 25.0 Å². The number of ether oxygens (including phenoxy) is 2. The zero-order chi connectivity index (χ0) is 21.5. The number of nitrogens with zero attached hydrogens (tertiary/aromatic N) is 2. The van der Waals surface area contributed by atoms with E-state index in [1.165, 1.54) is 7.11 Å². The van der Waals surface area contributed by atoms with E-state index in [1.807, 2.05) is 78.9 Å². The first-order chi connectivity index (χ1) is 15.2. The molecule has 1 aliphatic rings. The van der Waals surface area contributed by atoms with Crippen LogP contribution < -0.4 is 0 Å². The fourth-order valence-electron chi connectivity index (χ4n) is 3.61. The summed E-state index contributed by atoms with van der Waals surface area (Å²) in [4.78, 5) is 22.8. The number of aromatic nitrogens is 1. The Labute approximate surface area is 181 Å². The van der Waals surface area contributed by atoms with Gasteiger partial charge in [0.25, 0.3) is 0 Å². The third-order valence-electron chi connectivity index (χ3n) is 5.12. The summed E-state index contributed by atoms with van der Waals surface area (Å²) in [6.45, 7) is 0.592. The molecule has 2 heterocycles. The molecule has 0 saturated carbocycles. The van der Waals surface area contributed by atoms with Crippen LogP contribution in [0, 0.1) is 0 Å². The largest absolute Gasteiger partial charge is 0.466 e. The van der Waals surface area contributed by atoms with Crippen molar-refractivity contribution in [3.8, 4) is 11.3 Å². The van der Waals surface area contributed by atoms with Gasteiger partial charge in [0, 0.05) is 18.4 Å². The molecule has 1 aliphatic heterocycles. The lowest BCUT2D eigenvalue weighted by Gasteiger charge is -2.23. The van der Waals surface area contributed by atoms with Crippen LogP contribution in [-0.4, -0.2) is 36.0 Å². The van der Waals surface area contributed by atoms with Crippen LogP contribution in [-0.2, 0) is 32.1 Å². The van der Waals surface area contributed by atoms with E-state index >= 15 is 0 Å². The summed E-state index contributed by atoms with van der Waals surface area (Å²) in [5.74, 6) is -0.438. The molecule has 1 unspecified atom stereocenters. The van der Waals surface area contributed by atoms with E-state index in [2.05, 4.69) is 10.1 Å². The molecule has 3 aromatic rings. The Bertz CT molecular complexity index is 1050. The number of esters is 1. The van der Waals surface area contributed by atoms with Crippen molar-refractivity contribution in [1.29, 1.82) is 0 Å². The minimum atomic E-state index is -1.15. The van der Waals surface area contributed by atoms with E-state index in [9.17, 15) is 4.79 Å². The number of carbonyl (C=O) groups is 1. The molecule has 2 aromatic carbocycles. The smallest absolute Gasteiger partial charge is 0.353 e. The molecule has 0 amide bonds. The van der Waals surface area contributed by atoms with Crippen molar-refractivity contribution < 1.29 is 19.1 Å². The topological polar surface area (TPSA) is 70.0 Å². The van der Waals surface area contributed by atoms with Gasteiger partial charge in [-0.15, -0.1) is 0 Å². The van der Waals surface area contributed by atoms with Crippen LogP contribution in [0.15, 0.2) is 84.0 Å². The Hall–Kier alpha value is -3.51. The molecule has 158 valence electrons. The second-order valence-electron chi connectivity index (χ2n) is 7.45. The molecular weight excluding hydrogens is 392 g/mol. The van der Waals surface area contributed by atoms with Gasteiger partial charge in [0.2, 0.25) is 5.60 Å². The molecule has 1 atom stereocenters. The Balaban J connectivity index is 1.36. The van der Waals surface area contributed by atoms with Crippen molar-refractivity contribution in [1.82, 2.24) is 4.98 Å². The monoisotopic (exact) mass is 416 g/mol. The fourth-order valence-corrected chi connectivity index (χ4v) is 3.61. The van der Waals surface area contributed by atoms with Crippen LogP contribution in [0.1, 0.15) is 17.7 Å². The molecule has 0 aliphatic carbocycles. The Morgan fingerprint density at radius 2 is 1.71 bits per heavy atom. The van der Waals surface area contributed by atoms with Crippen LogP contribution >= 0.6 is 0 Å². The minimum absolute atomic E-state index is 0.255. The number of methoxy groups -OCH3 is 1. The van der Waals surface area contributed by atoms with E-state index in [4.69, 9.17) is 14.3 Å². The van der Waals surface area contributed by atoms with Crippen molar-refractivity contribution in [2.75, 3.05) is 13.7 Å². The van der Waals surface area contributed by atoms with Gasteiger partial charge >= 0.3 is 5.97 Å². The zero-order valence-corrected chi connectivity index (χ0v) is 17.4. The van der Waals surface area contributed by atoms with E-state index in [1.54, 1.807) is 0 Å². The summed E-state index contributed by atoms with van der Waals surface area (Å²) in [5, 5.41) is 4.12. The number of pyridine rings is 1. The van der Waals surface area contributed by atoms with Gasteiger partial charge in [-0.1, -0.05) is 71.9 Å². The maximum absolute atomic E-state index is 12.5. The first-order valence-corrected chi connectivity index (χ1v) is 10.1. The van der Waals surface area contributed by atoms with Gasteiger partial charge in [-0.2, -0.15) is 0 Å². The van der Waals surface area contributed by atoms with E-state index in [0.717, 1.165) is 22.5 Å². The summed E-state index contributed by atoms with van der Waals surface area (Å²) in [5.41, 5.74) is 3.27. The molecular formula is C25H24N2O4. The molecule has 31 heavy (non-hydrogen) atoms. The second kappa shape index (κ2) is 9.53. The van der Waals surface area contributed by atoms with Crippen molar-refractivity contribution in [3.63, 3.8) is 0 Å². The summed E-state index contributed by atoms with van der Waals surface area (Å²) < 4.78 is 10.8. The number of hydrogen-bond acceptors (Lipinski definition) is 6. The fraction of sp³-hybridized carbons (Fsp3) is 0.240. The van der Waals surface area contributed by atoms with Crippen LogP contribution in [0.4, 0.5) is 0 Å². The lowest BCUT2D eigenvalue weighted by Crippen LogP contribution is -2.42. The van der Waals surface area contributed by atoms with Gasteiger partial charge in [-0.05, 0) is 17.7 Å². The number of oxime groups is 1. The van der Waals surface area contributed by atoms with Crippen LogP contribution in [0.25, 0.3) is 11.3 Å². The normalized spacial score (nSPS) is 17.6. The van der Waals surface area contributed by atoms with Gasteiger partial charge in [-0.3, -0.25) is 4.98 Å². The number of benzene rings is 2. The van der Waals surface area contributed by atoms with Gasteiger partial charge in [-0.25, -0.2) is 4.79 Å². The SMILES string of the molecule is COC(=O)C1(Cc2ccccc2)CC(COCc2cccc(-c3ccccc3)n2)=NO1. The Morgan fingerprint density at radius 3 is 2.45 bits per heavy atom. The van der Waals surface area contributed by atoms with E-state index in [-0.39, 0.29) is 6.61 Å². The molecule has 0 radical (unpaired) electrons. The van der Waals surface area contributed by atoms with Crippen molar-refractivity contribution in [3.05, 3.63) is 90.1 Å². The first-order valence-electron chi connectivity index (χ1n) is 10.1. The summed E-state index contributed by atoms with van der Waals surface area (Å²) in [7, 11) is 1.36. The molecule has 1 aromatic heterocycles. The standard InChI is InChI=1S/C25H24N2O4/c1-29-24(28)25(15-19-9-4-2-5-10-19)16-22(27-31-25)18-30-17-21-13-8-14-23(26-21)20-11-6-3-7-12-20/h2-14H,15-18H2,1H3. The highest BCUT2D eigenvalue weighted by molar-refractivity contribution is 5.94. The molecule has 6 nitrogen and oxygen atoms in total. The van der Waals surface area contributed by atoms with E-state index < -0.39 is 11.6 Å². The van der Waals surface area contributed by atoms with Gasteiger partial charge in [0.15, 0.2) is 0 Å². The van der Waals surface area contributed by atoms with Gasteiger partial charge in [0.1, 0.15) is 0 Å². The van der Waals surface area contributed by atoms with Crippen molar-refractivity contribution in [2.24, 2.45) is 5.16 Å². The predicted octanol–water partition coefficient (Wildman–Crippen LogP) is 4.20. The Kier molecular flexibility index (Phi) is 6.38. The summed E-state index contributed by atoms with van der Waals surface area (Å²) in [6.07, 6.45) is 0.709.